The zero-order valence-electron chi connectivity index (χ0n) is 12.0. The average molecular weight is 259 g/mol. The molecule has 0 spiro atoms. The molecule has 1 heterocycles. The van der Waals surface area contributed by atoms with Gasteiger partial charge in [0, 0.05) is 5.56 Å². The first-order valence-corrected chi connectivity index (χ1v) is 6.74. The van der Waals surface area contributed by atoms with Gasteiger partial charge in [-0.15, -0.1) is 5.10 Å². The maximum atomic E-state index is 5.81. The van der Waals surface area contributed by atoms with Crippen LogP contribution < -0.4 is 0 Å². The predicted molar refractivity (Wildman–Crippen MR) is 75.7 cm³/mol. The van der Waals surface area contributed by atoms with E-state index in [1.807, 2.05) is 20.0 Å². The van der Waals surface area contributed by atoms with Crippen molar-refractivity contribution < 1.29 is 4.74 Å². The predicted octanol–water partition coefficient (Wildman–Crippen LogP) is 3.59. The Morgan fingerprint density at radius 1 is 1.21 bits per heavy atom. The Morgan fingerprint density at radius 3 is 2.47 bits per heavy atom. The zero-order chi connectivity index (χ0) is 13.8. The minimum Gasteiger partial charge on any atom is -0.354 e. The molecule has 1 aromatic heterocycles. The Bertz CT molecular complexity index is 516. The van der Waals surface area contributed by atoms with E-state index in [9.17, 15) is 0 Å². The van der Waals surface area contributed by atoms with E-state index in [1.165, 1.54) is 5.56 Å². The van der Waals surface area contributed by atoms with Crippen molar-refractivity contribution in [2.75, 3.05) is 0 Å². The number of benzene rings is 1. The second kappa shape index (κ2) is 5.97. The van der Waals surface area contributed by atoms with Crippen LogP contribution in [0.15, 0.2) is 30.5 Å². The molecule has 1 unspecified atom stereocenters. The molecule has 19 heavy (non-hydrogen) atoms. The second-order valence-electron chi connectivity index (χ2n) is 5.00. The Labute approximate surface area is 114 Å². The van der Waals surface area contributed by atoms with Gasteiger partial charge in [-0.25, -0.2) is 4.68 Å². The van der Waals surface area contributed by atoms with Crippen molar-refractivity contribution in [2.24, 2.45) is 0 Å². The van der Waals surface area contributed by atoms with Crippen LogP contribution in [0.25, 0.3) is 11.3 Å². The Morgan fingerprint density at radius 2 is 1.89 bits per heavy atom. The quantitative estimate of drug-likeness (QED) is 0.823. The van der Waals surface area contributed by atoms with Gasteiger partial charge in [0.2, 0.25) is 0 Å². The van der Waals surface area contributed by atoms with Crippen molar-refractivity contribution in [3.63, 3.8) is 0 Å². The molecule has 0 aliphatic rings. The average Bonchev–Trinajstić information content (AvgIpc) is 2.86. The second-order valence-corrected chi connectivity index (χ2v) is 5.00. The number of hydrogen-bond acceptors (Lipinski definition) is 3. The molecule has 0 bridgehead atoms. The van der Waals surface area contributed by atoms with Crippen LogP contribution in [0.4, 0.5) is 0 Å². The number of rotatable bonds is 5. The highest BCUT2D eigenvalue weighted by Crippen LogP contribution is 2.20. The summed E-state index contributed by atoms with van der Waals surface area (Å²) in [5, 5.41) is 8.41. The summed E-state index contributed by atoms with van der Waals surface area (Å²) in [5.41, 5.74) is 3.20. The topological polar surface area (TPSA) is 39.9 Å². The summed E-state index contributed by atoms with van der Waals surface area (Å²) in [6, 6.07) is 8.29. The van der Waals surface area contributed by atoms with Crippen molar-refractivity contribution >= 4 is 0 Å². The maximum Gasteiger partial charge on any atom is 0.152 e. The highest BCUT2D eigenvalue weighted by atomic mass is 16.5. The summed E-state index contributed by atoms with van der Waals surface area (Å²) in [7, 11) is 0. The van der Waals surface area contributed by atoms with E-state index in [-0.39, 0.29) is 12.3 Å². The minimum atomic E-state index is -0.0494. The van der Waals surface area contributed by atoms with Crippen LogP contribution in [0.3, 0.4) is 0 Å². The number of aromatic nitrogens is 3. The van der Waals surface area contributed by atoms with E-state index >= 15 is 0 Å². The summed E-state index contributed by atoms with van der Waals surface area (Å²) < 4.78 is 7.62. The molecule has 0 aliphatic heterocycles. The monoisotopic (exact) mass is 259 g/mol. The fourth-order valence-electron chi connectivity index (χ4n) is 1.93. The van der Waals surface area contributed by atoms with Crippen LogP contribution in [-0.4, -0.2) is 21.1 Å². The first kappa shape index (κ1) is 13.7. The van der Waals surface area contributed by atoms with E-state index in [1.54, 1.807) is 4.68 Å². The fourth-order valence-corrected chi connectivity index (χ4v) is 1.93. The van der Waals surface area contributed by atoms with E-state index in [4.69, 9.17) is 4.74 Å². The Hall–Kier alpha value is -1.68. The lowest BCUT2D eigenvalue weighted by Gasteiger charge is -2.18. The molecule has 102 valence electrons. The van der Waals surface area contributed by atoms with Crippen molar-refractivity contribution in [3.05, 3.63) is 36.0 Å². The molecule has 0 fully saturated rings. The third-order valence-electron chi connectivity index (χ3n) is 2.93. The Balaban J connectivity index is 2.20. The first-order chi connectivity index (χ1) is 9.10. The summed E-state index contributed by atoms with van der Waals surface area (Å²) in [5.74, 6) is 0. The van der Waals surface area contributed by atoms with E-state index in [0.29, 0.717) is 0 Å². The third kappa shape index (κ3) is 3.41. The largest absolute Gasteiger partial charge is 0.354 e. The van der Waals surface area contributed by atoms with Gasteiger partial charge in [0.25, 0.3) is 0 Å². The molecular formula is C15H21N3O. The van der Waals surface area contributed by atoms with Crippen molar-refractivity contribution in [1.82, 2.24) is 15.0 Å². The van der Waals surface area contributed by atoms with Crippen LogP contribution in [0.5, 0.6) is 0 Å². The first-order valence-electron chi connectivity index (χ1n) is 6.74. The van der Waals surface area contributed by atoms with Crippen molar-refractivity contribution in [2.45, 2.75) is 46.4 Å². The van der Waals surface area contributed by atoms with Crippen LogP contribution >= 0.6 is 0 Å². The number of aryl methyl sites for hydroxylation is 1. The fraction of sp³-hybridized carbons (Fsp3) is 0.467. The minimum absolute atomic E-state index is 0.0494. The van der Waals surface area contributed by atoms with Gasteiger partial charge in [0.15, 0.2) is 6.23 Å². The van der Waals surface area contributed by atoms with Gasteiger partial charge < -0.3 is 4.74 Å². The van der Waals surface area contributed by atoms with Gasteiger partial charge in [0.1, 0.15) is 5.69 Å². The SMILES string of the molecule is CCC(OC(C)C)n1cc(-c2ccc(C)cc2)nn1. The summed E-state index contributed by atoms with van der Waals surface area (Å²) in [4.78, 5) is 0. The molecule has 0 N–H and O–H groups in total. The van der Waals surface area contributed by atoms with Gasteiger partial charge in [-0.3, -0.25) is 0 Å². The van der Waals surface area contributed by atoms with Crippen LogP contribution in [0.1, 0.15) is 39.0 Å². The standard InChI is InChI=1S/C15H21N3O/c1-5-15(19-11(2)3)18-10-14(16-17-18)13-8-6-12(4)7-9-13/h6-11,15H,5H2,1-4H3. The molecule has 0 aliphatic carbocycles. The number of hydrogen-bond donors (Lipinski definition) is 0. The van der Waals surface area contributed by atoms with Crippen LogP contribution in [0.2, 0.25) is 0 Å². The van der Waals surface area contributed by atoms with Gasteiger partial charge in [-0.1, -0.05) is 42.0 Å². The molecular weight excluding hydrogens is 238 g/mol. The van der Waals surface area contributed by atoms with Crippen molar-refractivity contribution in [1.29, 1.82) is 0 Å². The molecule has 0 saturated heterocycles. The molecule has 2 aromatic rings. The van der Waals surface area contributed by atoms with Gasteiger partial charge >= 0.3 is 0 Å². The van der Waals surface area contributed by atoms with E-state index < -0.39 is 0 Å². The van der Waals surface area contributed by atoms with E-state index in [0.717, 1.165) is 17.7 Å². The molecule has 4 nitrogen and oxygen atoms in total. The van der Waals surface area contributed by atoms with Crippen molar-refractivity contribution in [3.8, 4) is 11.3 Å². The number of ether oxygens (including phenoxy) is 1. The zero-order valence-corrected chi connectivity index (χ0v) is 12.0. The molecule has 0 amide bonds. The molecule has 4 heteroatoms. The molecule has 0 radical (unpaired) electrons. The van der Waals surface area contributed by atoms with Gasteiger partial charge in [0.05, 0.1) is 12.3 Å². The van der Waals surface area contributed by atoms with Crippen LogP contribution in [-0.2, 0) is 4.74 Å². The summed E-state index contributed by atoms with van der Waals surface area (Å²) in [6.45, 7) is 8.21. The molecule has 1 aromatic carbocycles. The van der Waals surface area contributed by atoms with Crippen LogP contribution in [0, 0.1) is 6.92 Å². The smallest absolute Gasteiger partial charge is 0.152 e. The molecule has 0 saturated carbocycles. The summed E-state index contributed by atoms with van der Waals surface area (Å²) in [6.07, 6.45) is 2.94. The van der Waals surface area contributed by atoms with E-state index in [2.05, 4.69) is 48.4 Å². The third-order valence-corrected chi connectivity index (χ3v) is 2.93. The lowest BCUT2D eigenvalue weighted by molar-refractivity contribution is -0.0470. The normalized spacial score (nSPS) is 12.9. The molecule has 2 rings (SSSR count). The number of nitrogens with zero attached hydrogens (tertiary/aromatic N) is 3. The van der Waals surface area contributed by atoms with Gasteiger partial charge in [-0.05, 0) is 27.2 Å². The highest BCUT2D eigenvalue weighted by molar-refractivity contribution is 5.57. The maximum absolute atomic E-state index is 5.81. The molecule has 1 atom stereocenters. The Kier molecular flexibility index (Phi) is 4.32. The van der Waals surface area contributed by atoms with Gasteiger partial charge in [-0.2, -0.15) is 0 Å². The highest BCUT2D eigenvalue weighted by Gasteiger charge is 2.13. The summed E-state index contributed by atoms with van der Waals surface area (Å²) >= 11 is 0. The lowest BCUT2D eigenvalue weighted by atomic mass is 10.1. The lowest BCUT2D eigenvalue weighted by Crippen LogP contribution is -2.17.